The van der Waals surface area contributed by atoms with Crippen LogP contribution in [0, 0.1) is 0 Å². The minimum absolute atomic E-state index is 0.0859. The molecule has 13 heavy (non-hydrogen) atoms. The van der Waals surface area contributed by atoms with Gasteiger partial charge in [-0.1, -0.05) is 20.8 Å². The Labute approximate surface area is 81.5 Å². The van der Waals surface area contributed by atoms with Crippen molar-refractivity contribution >= 4 is 8.32 Å². The molecule has 1 N–H and O–H groups in total. The van der Waals surface area contributed by atoms with Gasteiger partial charge in [-0.2, -0.15) is 0 Å². The Kier molecular flexibility index (Phi) is 3.84. The van der Waals surface area contributed by atoms with Gasteiger partial charge in [0.05, 0.1) is 7.11 Å². The summed E-state index contributed by atoms with van der Waals surface area (Å²) >= 11 is 0. The van der Waals surface area contributed by atoms with Crippen molar-refractivity contribution in [1.29, 1.82) is 0 Å². The highest BCUT2D eigenvalue weighted by atomic mass is 28.4. The van der Waals surface area contributed by atoms with Gasteiger partial charge in [-0.3, -0.25) is 0 Å². The van der Waals surface area contributed by atoms with Gasteiger partial charge in [0.15, 0.2) is 6.26 Å². The van der Waals surface area contributed by atoms with Gasteiger partial charge in [0.2, 0.25) is 0 Å². The van der Waals surface area contributed by atoms with Crippen LogP contribution in [0.25, 0.3) is 0 Å². The highest BCUT2D eigenvalue weighted by Gasteiger charge is 2.39. The molecule has 0 radical (unpaired) electrons. The van der Waals surface area contributed by atoms with E-state index in [4.69, 9.17) is 4.43 Å². The van der Waals surface area contributed by atoms with Crippen LogP contribution in [-0.2, 0) is 9.16 Å². The van der Waals surface area contributed by atoms with Crippen molar-refractivity contribution in [2.75, 3.05) is 7.11 Å². The first kappa shape index (κ1) is 12.4. The van der Waals surface area contributed by atoms with E-state index in [2.05, 4.69) is 38.6 Å². The average molecular weight is 204 g/mol. The maximum Gasteiger partial charge on any atom is 0.299 e. The lowest BCUT2D eigenvalue weighted by atomic mass is 10.2. The zero-order valence-corrected chi connectivity index (χ0v) is 10.3. The van der Waals surface area contributed by atoms with Crippen LogP contribution < -0.4 is 0 Å². The fraction of sp³-hybridized carbons (Fsp3) is 0.778. The van der Waals surface area contributed by atoms with Gasteiger partial charge in [0.1, 0.15) is 0 Å². The van der Waals surface area contributed by atoms with Gasteiger partial charge in [-0.15, -0.1) is 0 Å². The Hall–Kier alpha value is -0.643. The molecule has 0 spiro atoms. The molecule has 0 aromatic carbocycles. The summed E-state index contributed by atoms with van der Waals surface area (Å²) in [5, 5.41) is 9.38. The van der Waals surface area contributed by atoms with Crippen LogP contribution in [0.1, 0.15) is 20.8 Å². The molecule has 0 aliphatic rings. The van der Waals surface area contributed by atoms with Gasteiger partial charge in [-0.05, 0) is 18.1 Å². The first-order valence-corrected chi connectivity index (χ1v) is 7.22. The summed E-state index contributed by atoms with van der Waals surface area (Å²) in [6, 6.07) is 0. The first-order chi connectivity index (χ1) is 5.70. The van der Waals surface area contributed by atoms with E-state index in [1.54, 1.807) is 0 Å². The largest absolute Gasteiger partial charge is 0.517 e. The van der Waals surface area contributed by atoms with E-state index in [-0.39, 0.29) is 11.0 Å². The van der Waals surface area contributed by atoms with Crippen LogP contribution in [0.15, 0.2) is 12.2 Å². The monoisotopic (exact) mass is 204 g/mol. The van der Waals surface area contributed by atoms with E-state index in [9.17, 15) is 5.11 Å². The molecule has 78 valence electrons. The minimum Gasteiger partial charge on any atom is -0.517 e. The van der Waals surface area contributed by atoms with E-state index in [0.717, 1.165) is 0 Å². The molecule has 4 heteroatoms. The third kappa shape index (κ3) is 3.72. The van der Waals surface area contributed by atoms with Crippen molar-refractivity contribution in [3.63, 3.8) is 0 Å². The molecule has 0 bridgehead atoms. The van der Waals surface area contributed by atoms with E-state index in [0.29, 0.717) is 0 Å². The van der Waals surface area contributed by atoms with E-state index in [1.165, 1.54) is 13.4 Å². The van der Waals surface area contributed by atoms with Crippen molar-refractivity contribution in [2.45, 2.75) is 38.9 Å². The second kappa shape index (κ2) is 4.04. The topological polar surface area (TPSA) is 38.7 Å². The van der Waals surface area contributed by atoms with E-state index >= 15 is 0 Å². The summed E-state index contributed by atoms with van der Waals surface area (Å²) in [5.41, 5.74) is 0. The maximum atomic E-state index is 9.30. The summed E-state index contributed by atoms with van der Waals surface area (Å²) in [4.78, 5) is 0. The van der Waals surface area contributed by atoms with Gasteiger partial charge in [0.25, 0.3) is 14.3 Å². The third-order valence-corrected chi connectivity index (χ3v) is 6.72. The standard InChI is InChI=1S/C9H20O3Si/c1-9(2,3)13(5,6)12-8(10)7-11-4/h7,10H,1-6H3/b8-7+. The predicted octanol–water partition coefficient (Wildman–Crippen LogP) is 3.01. The summed E-state index contributed by atoms with van der Waals surface area (Å²) in [6.45, 7) is 10.5. The Balaban J connectivity index is 4.43. The molecule has 0 heterocycles. The van der Waals surface area contributed by atoms with Gasteiger partial charge >= 0.3 is 0 Å². The van der Waals surface area contributed by atoms with Crippen molar-refractivity contribution in [1.82, 2.24) is 0 Å². The Morgan fingerprint density at radius 3 is 2.08 bits per heavy atom. The first-order valence-electron chi connectivity index (χ1n) is 4.31. The smallest absolute Gasteiger partial charge is 0.299 e. The summed E-state index contributed by atoms with van der Waals surface area (Å²) in [7, 11) is -0.426. The van der Waals surface area contributed by atoms with Gasteiger partial charge in [0, 0.05) is 0 Å². The number of hydrogen-bond acceptors (Lipinski definition) is 3. The van der Waals surface area contributed by atoms with Crippen molar-refractivity contribution < 1.29 is 14.3 Å². The molecule has 0 rings (SSSR count). The molecular weight excluding hydrogens is 184 g/mol. The van der Waals surface area contributed by atoms with Gasteiger partial charge < -0.3 is 14.3 Å². The van der Waals surface area contributed by atoms with Crippen LogP contribution in [-0.4, -0.2) is 20.5 Å². The van der Waals surface area contributed by atoms with Crippen LogP contribution in [0.3, 0.4) is 0 Å². The highest BCUT2D eigenvalue weighted by Crippen LogP contribution is 2.37. The molecule has 3 nitrogen and oxygen atoms in total. The number of hydrogen-bond donors (Lipinski definition) is 1. The van der Waals surface area contributed by atoms with Crippen LogP contribution in [0.4, 0.5) is 0 Å². The molecular formula is C9H20O3Si. The average Bonchev–Trinajstić information content (AvgIpc) is 1.83. The maximum absolute atomic E-state index is 9.30. The second-order valence-electron chi connectivity index (χ2n) is 4.55. The van der Waals surface area contributed by atoms with Crippen LogP contribution in [0.5, 0.6) is 0 Å². The fourth-order valence-corrected chi connectivity index (χ4v) is 1.42. The summed E-state index contributed by atoms with van der Waals surface area (Å²) in [5.74, 6) is -0.130. The quantitative estimate of drug-likeness (QED) is 0.567. The lowest BCUT2D eigenvalue weighted by Crippen LogP contribution is -2.40. The zero-order valence-electron chi connectivity index (χ0n) is 9.34. The van der Waals surface area contributed by atoms with E-state index in [1.807, 2.05) is 0 Å². The summed E-state index contributed by atoms with van der Waals surface area (Å²) in [6.07, 6.45) is 1.21. The Bertz CT molecular complexity index is 192. The third-order valence-electron chi connectivity index (χ3n) is 2.38. The lowest BCUT2D eigenvalue weighted by molar-refractivity contribution is 0.166. The highest BCUT2D eigenvalue weighted by molar-refractivity contribution is 6.74. The second-order valence-corrected chi connectivity index (χ2v) is 9.28. The number of ether oxygens (including phenoxy) is 1. The van der Waals surface area contributed by atoms with Crippen molar-refractivity contribution in [3.8, 4) is 0 Å². The number of aliphatic hydroxyl groups is 1. The summed E-state index contributed by atoms with van der Waals surface area (Å²) < 4.78 is 10.1. The molecule has 0 fully saturated rings. The number of aliphatic hydroxyl groups excluding tert-OH is 1. The molecule has 0 amide bonds. The number of methoxy groups -OCH3 is 1. The fourth-order valence-electron chi connectivity index (χ4n) is 0.539. The van der Waals surface area contributed by atoms with Crippen LogP contribution in [0.2, 0.25) is 18.1 Å². The minimum atomic E-state index is -1.90. The Morgan fingerprint density at radius 2 is 1.77 bits per heavy atom. The molecule has 0 aromatic heterocycles. The molecule has 0 saturated carbocycles. The lowest BCUT2D eigenvalue weighted by Gasteiger charge is -2.35. The van der Waals surface area contributed by atoms with E-state index < -0.39 is 8.32 Å². The molecule has 0 aromatic rings. The van der Waals surface area contributed by atoms with Crippen molar-refractivity contribution in [3.05, 3.63) is 12.2 Å². The Morgan fingerprint density at radius 1 is 1.31 bits per heavy atom. The predicted molar refractivity (Wildman–Crippen MR) is 56.0 cm³/mol. The van der Waals surface area contributed by atoms with Crippen LogP contribution >= 0.6 is 0 Å². The number of rotatable bonds is 3. The van der Waals surface area contributed by atoms with Crippen molar-refractivity contribution in [2.24, 2.45) is 0 Å². The molecule has 0 saturated heterocycles. The van der Waals surface area contributed by atoms with Gasteiger partial charge in [-0.25, -0.2) is 0 Å². The zero-order chi connectivity index (χ0) is 10.7. The molecule has 0 aliphatic carbocycles. The SMILES string of the molecule is CO/C=C(\O)O[Si](C)(C)C(C)(C)C. The molecule has 0 atom stereocenters. The molecule has 0 aliphatic heterocycles. The normalized spacial score (nSPS) is 14.2. The molecule has 0 unspecified atom stereocenters.